The van der Waals surface area contributed by atoms with Crippen molar-refractivity contribution in [3.05, 3.63) is 77.6 Å². The standard InChI is InChI=1S/C23H19Cl3N2O4/c24-23(25,26)14-32-22(30)28-11-10-17-16-8-4-5-9-18(16)27-21(17)19(28)12-20(29)31-13-15-6-2-1-3-7-15/h1-11,19,27H,12-14H2/t19-/m1/s1. The molecule has 0 fully saturated rings. The van der Waals surface area contributed by atoms with Gasteiger partial charge in [0.15, 0.2) is 0 Å². The molecule has 1 aromatic heterocycles. The van der Waals surface area contributed by atoms with Gasteiger partial charge in [-0.15, -0.1) is 0 Å². The lowest BCUT2D eigenvalue weighted by Crippen LogP contribution is -2.36. The smallest absolute Gasteiger partial charge is 0.414 e. The summed E-state index contributed by atoms with van der Waals surface area (Å²) in [6.45, 7) is -0.287. The molecule has 6 nitrogen and oxygen atoms in total. The van der Waals surface area contributed by atoms with Crippen LogP contribution < -0.4 is 0 Å². The Morgan fingerprint density at radius 1 is 1.00 bits per heavy atom. The van der Waals surface area contributed by atoms with E-state index in [4.69, 9.17) is 44.3 Å². The largest absolute Gasteiger partial charge is 0.461 e. The molecule has 2 heterocycles. The van der Waals surface area contributed by atoms with Crippen molar-refractivity contribution in [1.82, 2.24) is 9.88 Å². The molecule has 1 aliphatic heterocycles. The van der Waals surface area contributed by atoms with E-state index in [0.717, 1.165) is 22.0 Å². The zero-order chi connectivity index (χ0) is 22.7. The van der Waals surface area contributed by atoms with Gasteiger partial charge in [-0.25, -0.2) is 4.79 Å². The molecule has 1 atom stereocenters. The van der Waals surface area contributed by atoms with Crippen LogP contribution in [-0.4, -0.2) is 32.3 Å². The molecule has 2 aromatic carbocycles. The topological polar surface area (TPSA) is 71.6 Å². The van der Waals surface area contributed by atoms with Gasteiger partial charge >= 0.3 is 12.1 Å². The van der Waals surface area contributed by atoms with E-state index in [-0.39, 0.29) is 13.0 Å². The Hall–Kier alpha value is -2.67. The first-order chi connectivity index (χ1) is 15.3. The van der Waals surface area contributed by atoms with Gasteiger partial charge in [-0.1, -0.05) is 83.3 Å². The molecule has 32 heavy (non-hydrogen) atoms. The van der Waals surface area contributed by atoms with Gasteiger partial charge in [0.2, 0.25) is 3.79 Å². The third-order valence-corrected chi connectivity index (χ3v) is 5.35. The van der Waals surface area contributed by atoms with Gasteiger partial charge in [0, 0.05) is 28.4 Å². The normalized spacial score (nSPS) is 15.5. The van der Waals surface area contributed by atoms with Gasteiger partial charge in [-0.2, -0.15) is 0 Å². The predicted octanol–water partition coefficient (Wildman–Crippen LogP) is 6.14. The summed E-state index contributed by atoms with van der Waals surface area (Å²) >= 11 is 17.1. The summed E-state index contributed by atoms with van der Waals surface area (Å²) in [5.41, 5.74) is 3.36. The minimum atomic E-state index is -1.74. The van der Waals surface area contributed by atoms with Crippen LogP contribution in [0.25, 0.3) is 17.0 Å². The fourth-order valence-corrected chi connectivity index (χ4v) is 3.75. The Balaban J connectivity index is 1.57. The number of H-pyrrole nitrogens is 1. The first-order valence-electron chi connectivity index (χ1n) is 9.82. The molecule has 1 aliphatic rings. The number of esters is 1. The number of hydrogen-bond acceptors (Lipinski definition) is 4. The summed E-state index contributed by atoms with van der Waals surface area (Å²) in [5, 5.41) is 0.982. The van der Waals surface area contributed by atoms with Gasteiger partial charge in [-0.3, -0.25) is 9.69 Å². The number of aromatic amines is 1. The van der Waals surface area contributed by atoms with Crippen molar-refractivity contribution in [3.63, 3.8) is 0 Å². The van der Waals surface area contributed by atoms with Crippen molar-refractivity contribution >= 4 is 63.8 Å². The minimum Gasteiger partial charge on any atom is -0.461 e. The monoisotopic (exact) mass is 492 g/mol. The lowest BCUT2D eigenvalue weighted by molar-refractivity contribution is -0.146. The summed E-state index contributed by atoms with van der Waals surface area (Å²) in [6.07, 6.45) is 2.53. The number of nitrogens with zero attached hydrogens (tertiary/aromatic N) is 1. The molecule has 0 unspecified atom stereocenters. The van der Waals surface area contributed by atoms with Crippen LogP contribution in [0.15, 0.2) is 60.8 Å². The van der Waals surface area contributed by atoms with Crippen molar-refractivity contribution in [2.24, 2.45) is 0 Å². The number of carbonyl (C=O) groups is 2. The lowest BCUT2D eigenvalue weighted by Gasteiger charge is -2.30. The second-order valence-corrected chi connectivity index (χ2v) is 9.77. The zero-order valence-corrected chi connectivity index (χ0v) is 19.0. The Bertz CT molecular complexity index is 1160. The van der Waals surface area contributed by atoms with Crippen LogP contribution in [0.4, 0.5) is 4.79 Å². The SMILES string of the molecule is O=C(C[C@@H]1c2[nH]c3ccccc3c2C=CN1C(=O)OCC(Cl)(Cl)Cl)OCc1ccccc1. The molecule has 0 aliphatic carbocycles. The van der Waals surface area contributed by atoms with Crippen LogP contribution >= 0.6 is 34.8 Å². The van der Waals surface area contributed by atoms with Crippen molar-refractivity contribution in [1.29, 1.82) is 0 Å². The molecule has 0 radical (unpaired) electrons. The fraction of sp³-hybridized carbons (Fsp3) is 0.217. The van der Waals surface area contributed by atoms with Crippen molar-refractivity contribution in [3.8, 4) is 0 Å². The number of fused-ring (bicyclic) bond motifs is 3. The summed E-state index contributed by atoms with van der Waals surface area (Å²) < 4.78 is 8.85. The maximum Gasteiger partial charge on any atom is 0.414 e. The number of benzene rings is 2. The molecule has 4 rings (SSSR count). The predicted molar refractivity (Wildman–Crippen MR) is 124 cm³/mol. The molecule has 0 saturated carbocycles. The van der Waals surface area contributed by atoms with Gasteiger partial charge in [0.25, 0.3) is 0 Å². The van der Waals surface area contributed by atoms with E-state index in [9.17, 15) is 9.59 Å². The van der Waals surface area contributed by atoms with Crippen LogP contribution in [0.1, 0.15) is 29.3 Å². The molecular formula is C23H19Cl3N2O4. The third-order valence-electron chi connectivity index (χ3n) is 5.02. The molecule has 9 heteroatoms. The van der Waals surface area contributed by atoms with E-state index in [1.165, 1.54) is 4.90 Å². The summed E-state index contributed by atoms with van der Waals surface area (Å²) in [6, 6.07) is 16.4. The number of carbonyl (C=O) groups excluding carboxylic acids is 2. The highest BCUT2D eigenvalue weighted by Gasteiger charge is 2.35. The molecule has 1 N–H and O–H groups in total. The maximum atomic E-state index is 12.8. The second-order valence-electron chi connectivity index (χ2n) is 7.26. The van der Waals surface area contributed by atoms with Gasteiger partial charge < -0.3 is 14.5 Å². The number of amides is 1. The summed E-state index contributed by atoms with van der Waals surface area (Å²) in [7, 11) is 0. The van der Waals surface area contributed by atoms with Crippen LogP contribution in [0, 0.1) is 0 Å². The van der Waals surface area contributed by atoms with Gasteiger partial charge in [0.05, 0.1) is 12.5 Å². The highest BCUT2D eigenvalue weighted by Crippen LogP contribution is 2.37. The number of alkyl halides is 3. The molecule has 3 aromatic rings. The molecule has 0 saturated heterocycles. The van der Waals surface area contributed by atoms with Crippen LogP contribution in [0.3, 0.4) is 0 Å². The average Bonchev–Trinajstić information content (AvgIpc) is 3.16. The van der Waals surface area contributed by atoms with Crippen LogP contribution in [0.5, 0.6) is 0 Å². The minimum absolute atomic E-state index is 0.0835. The Morgan fingerprint density at radius 3 is 2.47 bits per heavy atom. The van der Waals surface area contributed by atoms with E-state index >= 15 is 0 Å². The number of nitrogens with one attached hydrogen (secondary N) is 1. The number of para-hydroxylation sites is 1. The molecule has 0 bridgehead atoms. The van der Waals surface area contributed by atoms with Crippen LogP contribution in [-0.2, 0) is 20.9 Å². The zero-order valence-electron chi connectivity index (χ0n) is 16.8. The van der Waals surface area contributed by atoms with Crippen molar-refractivity contribution in [2.75, 3.05) is 6.61 Å². The number of rotatable bonds is 5. The summed E-state index contributed by atoms with van der Waals surface area (Å²) in [5.74, 6) is -0.460. The van der Waals surface area contributed by atoms with Gasteiger partial charge in [-0.05, 0) is 17.7 Å². The highest BCUT2D eigenvalue weighted by atomic mass is 35.6. The van der Waals surface area contributed by atoms with E-state index in [1.54, 1.807) is 12.3 Å². The second kappa shape index (κ2) is 9.45. The lowest BCUT2D eigenvalue weighted by atomic mass is 9.99. The fourth-order valence-electron chi connectivity index (χ4n) is 3.59. The van der Waals surface area contributed by atoms with E-state index in [0.29, 0.717) is 5.69 Å². The highest BCUT2D eigenvalue weighted by molar-refractivity contribution is 6.67. The van der Waals surface area contributed by atoms with Gasteiger partial charge in [0.1, 0.15) is 13.2 Å². The van der Waals surface area contributed by atoms with Crippen molar-refractivity contribution < 1.29 is 19.1 Å². The van der Waals surface area contributed by atoms with E-state index in [2.05, 4.69) is 4.98 Å². The first kappa shape index (κ1) is 22.5. The summed E-state index contributed by atoms with van der Waals surface area (Å²) in [4.78, 5) is 30.1. The van der Waals surface area contributed by atoms with E-state index < -0.39 is 28.5 Å². The first-order valence-corrected chi connectivity index (χ1v) is 11.0. The van der Waals surface area contributed by atoms with Crippen LogP contribution in [0.2, 0.25) is 0 Å². The van der Waals surface area contributed by atoms with Crippen molar-refractivity contribution in [2.45, 2.75) is 22.9 Å². The number of halogens is 3. The molecule has 1 amide bonds. The number of hydrogen-bond donors (Lipinski definition) is 1. The number of ether oxygens (including phenoxy) is 2. The maximum absolute atomic E-state index is 12.8. The van der Waals surface area contributed by atoms with E-state index in [1.807, 2.05) is 54.6 Å². The quantitative estimate of drug-likeness (QED) is 0.342. The molecule has 0 spiro atoms. The Morgan fingerprint density at radius 2 is 1.72 bits per heavy atom. The Labute approximate surface area is 199 Å². The Kier molecular flexibility index (Phi) is 6.65. The molecule has 166 valence electrons. The molecular weight excluding hydrogens is 475 g/mol. The third kappa shape index (κ3) is 5.21. The number of aromatic nitrogens is 1. The average molecular weight is 494 g/mol.